The molecule has 0 bridgehead atoms. The third kappa shape index (κ3) is 34.9. The summed E-state index contributed by atoms with van der Waals surface area (Å²) in [6.45, 7) is 4.79. The molecule has 0 saturated heterocycles. The number of benzene rings is 1. The van der Waals surface area contributed by atoms with Crippen LogP contribution in [-0.4, -0.2) is 5.11 Å². The average Bonchev–Trinajstić information content (AvgIpc) is 3.16. The summed E-state index contributed by atoms with van der Waals surface area (Å²) in [6.07, 6.45) is 59.8. The van der Waals surface area contributed by atoms with E-state index in [1.54, 1.807) is 0 Å². The molecule has 1 aromatic carbocycles. The highest BCUT2D eigenvalue weighted by atomic mass is 16.3. The van der Waals surface area contributed by atoms with Crippen molar-refractivity contribution in [1.29, 1.82) is 0 Å². The van der Waals surface area contributed by atoms with Crippen LogP contribution in [0.2, 0.25) is 0 Å². The predicted molar refractivity (Wildman–Crippen MR) is 236 cm³/mol. The van der Waals surface area contributed by atoms with Crippen molar-refractivity contribution in [3.8, 4) is 0 Å². The summed E-state index contributed by atoms with van der Waals surface area (Å²) in [6, 6.07) is 6.97. The van der Waals surface area contributed by atoms with Gasteiger partial charge >= 0.3 is 0 Å². The lowest BCUT2D eigenvalue weighted by Crippen LogP contribution is -1.95. The fourth-order valence-corrected chi connectivity index (χ4v) is 8.39. The topological polar surface area (TPSA) is 20.2 Å². The Morgan fingerprint density at radius 3 is 0.615 bits per heavy atom. The van der Waals surface area contributed by atoms with Gasteiger partial charge in [0.2, 0.25) is 0 Å². The lowest BCUT2D eigenvalue weighted by molar-refractivity contribution is 0.281. The molecule has 0 amide bonds. The summed E-state index contributed by atoms with van der Waals surface area (Å²) in [5.74, 6) is 0. The van der Waals surface area contributed by atoms with Crippen LogP contribution in [-0.2, 0) is 19.4 Å². The normalized spacial score (nSPS) is 11.6. The largest absolute Gasteiger partial charge is 0.392 e. The Hall–Kier alpha value is -0.820. The van der Waals surface area contributed by atoms with Gasteiger partial charge in [0, 0.05) is 0 Å². The van der Waals surface area contributed by atoms with Gasteiger partial charge in [-0.3, -0.25) is 0 Å². The maximum atomic E-state index is 9.87. The molecule has 0 aromatic heterocycles. The van der Waals surface area contributed by atoms with Gasteiger partial charge in [0.15, 0.2) is 0 Å². The molecule has 0 atom stereocenters. The van der Waals surface area contributed by atoms with Gasteiger partial charge in [-0.1, -0.05) is 276 Å². The number of aliphatic hydroxyl groups is 1. The van der Waals surface area contributed by atoms with E-state index in [1.165, 1.54) is 281 Å². The Balaban J connectivity index is 1.90. The zero-order valence-corrected chi connectivity index (χ0v) is 36.1. The van der Waals surface area contributed by atoms with Crippen LogP contribution in [0.4, 0.5) is 0 Å². The van der Waals surface area contributed by atoms with Crippen LogP contribution in [0, 0.1) is 0 Å². The summed E-state index contributed by atoms with van der Waals surface area (Å²) in [5.41, 5.74) is 4.03. The molecule has 0 aliphatic carbocycles. The summed E-state index contributed by atoms with van der Waals surface area (Å²) < 4.78 is 0. The number of hydrogen-bond acceptors (Lipinski definition) is 1. The quantitative estimate of drug-likeness (QED) is 0.0665. The van der Waals surface area contributed by atoms with Crippen molar-refractivity contribution < 1.29 is 5.11 Å². The number of hydrogen-bond donors (Lipinski definition) is 1. The molecule has 0 radical (unpaired) electrons. The first-order valence-corrected chi connectivity index (χ1v) is 24.5. The fourth-order valence-electron chi connectivity index (χ4n) is 8.39. The molecule has 0 heterocycles. The van der Waals surface area contributed by atoms with Gasteiger partial charge in [-0.2, -0.15) is 0 Å². The highest BCUT2D eigenvalue weighted by molar-refractivity contribution is 5.30. The van der Waals surface area contributed by atoms with E-state index in [0.29, 0.717) is 0 Å². The third-order valence-electron chi connectivity index (χ3n) is 11.9. The van der Waals surface area contributed by atoms with E-state index in [1.807, 2.05) is 0 Å². The summed E-state index contributed by atoms with van der Waals surface area (Å²) >= 11 is 0. The van der Waals surface area contributed by atoms with Gasteiger partial charge in [-0.15, -0.1) is 0 Å². The Kier molecular flexibility index (Phi) is 39.1. The van der Waals surface area contributed by atoms with Crippen LogP contribution in [0.1, 0.15) is 287 Å². The minimum atomic E-state index is 0.180. The third-order valence-corrected chi connectivity index (χ3v) is 11.9. The van der Waals surface area contributed by atoms with E-state index in [-0.39, 0.29) is 6.61 Å². The van der Waals surface area contributed by atoms with E-state index < -0.39 is 0 Å². The van der Waals surface area contributed by atoms with Crippen molar-refractivity contribution in [3.63, 3.8) is 0 Å². The van der Waals surface area contributed by atoms with Crippen LogP contribution in [0.3, 0.4) is 0 Å². The second-order valence-electron chi connectivity index (χ2n) is 17.3. The molecule has 0 aliphatic heterocycles. The molecular formula is C51H96O. The summed E-state index contributed by atoms with van der Waals surface area (Å²) in [7, 11) is 0. The Bertz CT molecular complexity index is 751. The monoisotopic (exact) mass is 725 g/mol. The predicted octanol–water partition coefficient (Wildman–Crippen LogP) is 17.9. The van der Waals surface area contributed by atoms with Gasteiger partial charge in [-0.05, 0) is 42.4 Å². The molecule has 0 aliphatic rings. The Morgan fingerprint density at radius 2 is 0.423 bits per heavy atom. The fraction of sp³-hybridized carbons (Fsp3) is 0.882. The lowest BCUT2D eigenvalue weighted by Gasteiger charge is -2.09. The lowest BCUT2D eigenvalue weighted by atomic mass is 9.97. The zero-order valence-electron chi connectivity index (χ0n) is 36.1. The minimum Gasteiger partial charge on any atom is -0.392 e. The van der Waals surface area contributed by atoms with E-state index in [9.17, 15) is 5.11 Å². The first kappa shape index (κ1) is 49.2. The smallest absolute Gasteiger partial charge is 0.0682 e. The molecule has 52 heavy (non-hydrogen) atoms. The van der Waals surface area contributed by atoms with Crippen molar-refractivity contribution in [2.24, 2.45) is 0 Å². The first-order valence-electron chi connectivity index (χ1n) is 24.5. The van der Waals surface area contributed by atoms with Gasteiger partial charge in [-0.25, -0.2) is 0 Å². The average molecular weight is 725 g/mol. The van der Waals surface area contributed by atoms with E-state index in [0.717, 1.165) is 5.56 Å². The molecule has 0 fully saturated rings. The van der Waals surface area contributed by atoms with Crippen LogP contribution < -0.4 is 0 Å². The summed E-state index contributed by atoms with van der Waals surface area (Å²) in [5, 5.41) is 9.87. The molecule has 1 aromatic rings. The van der Waals surface area contributed by atoms with Crippen molar-refractivity contribution >= 4 is 0 Å². The minimum absolute atomic E-state index is 0.180. The van der Waals surface area contributed by atoms with Gasteiger partial charge < -0.3 is 5.11 Å². The maximum absolute atomic E-state index is 9.87. The molecule has 1 N–H and O–H groups in total. The maximum Gasteiger partial charge on any atom is 0.0682 e. The number of aryl methyl sites for hydroxylation is 2. The van der Waals surface area contributed by atoms with Crippen LogP contribution >= 0.6 is 0 Å². The van der Waals surface area contributed by atoms with Crippen molar-refractivity contribution in [2.45, 2.75) is 290 Å². The van der Waals surface area contributed by atoms with Crippen molar-refractivity contribution in [1.82, 2.24) is 0 Å². The number of rotatable bonds is 43. The van der Waals surface area contributed by atoms with Gasteiger partial charge in [0.1, 0.15) is 0 Å². The van der Waals surface area contributed by atoms with E-state index in [2.05, 4.69) is 32.0 Å². The molecule has 0 spiro atoms. The Labute approximate surface area is 329 Å². The molecule has 0 unspecified atom stereocenters. The summed E-state index contributed by atoms with van der Waals surface area (Å²) in [4.78, 5) is 0. The Morgan fingerprint density at radius 1 is 0.250 bits per heavy atom. The highest BCUT2D eigenvalue weighted by Gasteiger charge is 2.03. The molecule has 1 heteroatoms. The second-order valence-corrected chi connectivity index (χ2v) is 17.3. The van der Waals surface area contributed by atoms with Crippen LogP contribution in [0.15, 0.2) is 18.2 Å². The molecule has 306 valence electrons. The zero-order chi connectivity index (χ0) is 37.3. The van der Waals surface area contributed by atoms with Gasteiger partial charge in [0.25, 0.3) is 0 Å². The van der Waals surface area contributed by atoms with Crippen molar-refractivity contribution in [3.05, 3.63) is 34.9 Å². The van der Waals surface area contributed by atoms with E-state index in [4.69, 9.17) is 0 Å². The van der Waals surface area contributed by atoms with Crippen molar-refractivity contribution in [2.75, 3.05) is 0 Å². The SMILES string of the molecule is CCCCCCCCCCCCCCCCCCCCCCc1cc(CO)cc(CCCCCCCCCCCCCCCCCCCCCC)c1. The first-order chi connectivity index (χ1) is 25.8. The second kappa shape index (κ2) is 41.3. The molecular weight excluding hydrogens is 629 g/mol. The molecule has 1 nitrogen and oxygen atoms in total. The number of aliphatic hydroxyl groups excluding tert-OH is 1. The highest BCUT2D eigenvalue weighted by Crippen LogP contribution is 2.20. The van der Waals surface area contributed by atoms with E-state index >= 15 is 0 Å². The van der Waals surface area contributed by atoms with Crippen LogP contribution in [0.5, 0.6) is 0 Å². The van der Waals surface area contributed by atoms with Crippen LogP contribution in [0.25, 0.3) is 0 Å². The molecule has 1 rings (SSSR count). The molecule has 0 saturated carbocycles. The standard InChI is InChI=1S/C51H96O/c1-3-5-7-9-11-13-15-17-19-21-23-25-27-29-31-33-35-37-39-41-43-49-45-50(47-51(46-49)48-52)44-42-40-38-36-34-32-30-28-26-24-22-20-18-16-14-12-10-8-6-4-2/h45-47,52H,3-44,48H2,1-2H3. The van der Waals surface area contributed by atoms with Gasteiger partial charge in [0.05, 0.1) is 6.61 Å². The number of unbranched alkanes of at least 4 members (excludes halogenated alkanes) is 38.